The zero-order chi connectivity index (χ0) is 14.7. The van der Waals surface area contributed by atoms with Gasteiger partial charge in [0.1, 0.15) is 0 Å². The van der Waals surface area contributed by atoms with Crippen LogP contribution >= 0.6 is 11.3 Å². The van der Waals surface area contributed by atoms with Crippen LogP contribution in [0, 0.1) is 0 Å². The molecule has 1 fully saturated rings. The van der Waals surface area contributed by atoms with Crippen molar-refractivity contribution in [1.29, 1.82) is 0 Å². The number of carbonyl (C=O) groups is 1. The minimum Gasteiger partial charge on any atom is -0.391 e. The normalized spacial score (nSPS) is 21.7. The van der Waals surface area contributed by atoms with E-state index in [-0.39, 0.29) is 11.9 Å². The Balaban J connectivity index is 1.70. The fourth-order valence-corrected chi connectivity index (χ4v) is 3.61. The van der Waals surface area contributed by atoms with E-state index in [2.05, 4.69) is 0 Å². The summed E-state index contributed by atoms with van der Waals surface area (Å²) >= 11 is 1.61. The van der Waals surface area contributed by atoms with Crippen molar-refractivity contribution in [2.45, 2.75) is 31.4 Å². The quantitative estimate of drug-likeness (QED) is 0.942. The Bertz CT molecular complexity index is 582. The smallest absolute Gasteiger partial charge is 0.228 e. The van der Waals surface area contributed by atoms with Gasteiger partial charge in [0.05, 0.1) is 18.6 Å². The van der Waals surface area contributed by atoms with Gasteiger partial charge >= 0.3 is 0 Å². The summed E-state index contributed by atoms with van der Waals surface area (Å²) in [6, 6.07) is 13.9. The van der Waals surface area contributed by atoms with Gasteiger partial charge in [-0.1, -0.05) is 36.4 Å². The van der Waals surface area contributed by atoms with Crippen molar-refractivity contribution in [2.75, 3.05) is 6.54 Å². The first-order valence-corrected chi connectivity index (χ1v) is 8.16. The van der Waals surface area contributed by atoms with E-state index in [9.17, 15) is 9.90 Å². The van der Waals surface area contributed by atoms with Crippen molar-refractivity contribution in [3.63, 3.8) is 0 Å². The minimum absolute atomic E-state index is 0.0973. The van der Waals surface area contributed by atoms with E-state index in [0.29, 0.717) is 19.4 Å². The number of nitrogens with zero attached hydrogens (tertiary/aromatic N) is 1. The van der Waals surface area contributed by atoms with Gasteiger partial charge in [0.2, 0.25) is 5.91 Å². The molecule has 1 saturated heterocycles. The van der Waals surface area contributed by atoms with E-state index in [1.165, 1.54) is 0 Å². The molecular formula is C17H19NO2S. The van der Waals surface area contributed by atoms with Crippen LogP contribution in [-0.2, 0) is 17.6 Å². The molecule has 1 aromatic heterocycles. The fourth-order valence-electron chi connectivity index (χ4n) is 2.91. The number of amides is 1. The average molecular weight is 301 g/mol. The Kier molecular flexibility index (Phi) is 4.36. The number of hydrogen-bond donors (Lipinski definition) is 1. The molecule has 1 aliphatic rings. The van der Waals surface area contributed by atoms with Crippen molar-refractivity contribution in [3.05, 3.63) is 58.3 Å². The predicted octanol–water partition coefficient (Wildman–Crippen LogP) is 2.50. The molecule has 21 heavy (non-hydrogen) atoms. The lowest BCUT2D eigenvalue weighted by atomic mass is 10.0. The van der Waals surface area contributed by atoms with E-state index >= 15 is 0 Å². The fraction of sp³-hybridized carbons (Fsp3) is 0.353. The summed E-state index contributed by atoms with van der Waals surface area (Å²) in [5, 5.41) is 12.2. The van der Waals surface area contributed by atoms with Gasteiger partial charge < -0.3 is 10.0 Å². The standard InChI is InChI=1S/C17H19NO2S/c19-16-8-9-18(17(20)12-14-7-4-10-21-14)15(16)11-13-5-2-1-3-6-13/h1-7,10,15-16,19H,8-9,11-12H2/t15-,16-/m1/s1. The Morgan fingerprint density at radius 2 is 2.05 bits per heavy atom. The molecule has 0 radical (unpaired) electrons. The molecule has 110 valence electrons. The molecular weight excluding hydrogens is 282 g/mol. The lowest BCUT2D eigenvalue weighted by molar-refractivity contribution is -0.132. The Morgan fingerprint density at radius 1 is 1.24 bits per heavy atom. The molecule has 0 spiro atoms. The molecule has 0 saturated carbocycles. The number of aliphatic hydroxyl groups excluding tert-OH is 1. The Hall–Kier alpha value is -1.65. The van der Waals surface area contributed by atoms with Gasteiger partial charge in [-0.25, -0.2) is 0 Å². The van der Waals surface area contributed by atoms with E-state index in [1.807, 2.05) is 52.7 Å². The number of likely N-dealkylation sites (tertiary alicyclic amines) is 1. The van der Waals surface area contributed by atoms with Gasteiger partial charge in [-0.05, 0) is 29.9 Å². The lowest BCUT2D eigenvalue weighted by Gasteiger charge is -2.26. The molecule has 1 amide bonds. The maximum absolute atomic E-state index is 12.5. The maximum Gasteiger partial charge on any atom is 0.228 e. The second kappa shape index (κ2) is 6.41. The maximum atomic E-state index is 12.5. The highest BCUT2D eigenvalue weighted by Gasteiger charge is 2.35. The van der Waals surface area contributed by atoms with Crippen molar-refractivity contribution < 1.29 is 9.90 Å². The number of rotatable bonds is 4. The molecule has 2 atom stereocenters. The third-order valence-electron chi connectivity index (χ3n) is 4.02. The van der Waals surface area contributed by atoms with E-state index in [1.54, 1.807) is 11.3 Å². The van der Waals surface area contributed by atoms with Crippen LogP contribution in [0.5, 0.6) is 0 Å². The second-order valence-electron chi connectivity index (χ2n) is 5.46. The summed E-state index contributed by atoms with van der Waals surface area (Å²) in [4.78, 5) is 15.4. The number of thiophene rings is 1. The van der Waals surface area contributed by atoms with Crippen LogP contribution in [-0.4, -0.2) is 34.6 Å². The number of benzene rings is 1. The van der Waals surface area contributed by atoms with Gasteiger partial charge in [-0.3, -0.25) is 4.79 Å². The topological polar surface area (TPSA) is 40.5 Å². The molecule has 0 unspecified atom stereocenters. The molecule has 2 heterocycles. The highest BCUT2D eigenvalue weighted by atomic mass is 32.1. The van der Waals surface area contributed by atoms with Crippen molar-refractivity contribution in [1.82, 2.24) is 4.90 Å². The van der Waals surface area contributed by atoms with Gasteiger partial charge in [-0.2, -0.15) is 0 Å². The number of carbonyl (C=O) groups excluding carboxylic acids is 1. The second-order valence-corrected chi connectivity index (χ2v) is 6.49. The van der Waals surface area contributed by atoms with Crippen molar-refractivity contribution in [3.8, 4) is 0 Å². The van der Waals surface area contributed by atoms with E-state index in [4.69, 9.17) is 0 Å². The molecule has 0 aliphatic carbocycles. The monoisotopic (exact) mass is 301 g/mol. The SMILES string of the molecule is O=C(Cc1cccs1)N1CC[C@@H](O)[C@H]1Cc1ccccc1. The summed E-state index contributed by atoms with van der Waals surface area (Å²) in [6.45, 7) is 0.656. The molecule has 0 bridgehead atoms. The van der Waals surface area contributed by atoms with Crippen LogP contribution in [0.4, 0.5) is 0 Å². The summed E-state index contributed by atoms with van der Waals surface area (Å²) in [5.74, 6) is 0.120. The first kappa shape index (κ1) is 14.3. The third kappa shape index (κ3) is 3.34. The third-order valence-corrected chi connectivity index (χ3v) is 4.90. The first-order chi connectivity index (χ1) is 10.2. The predicted molar refractivity (Wildman–Crippen MR) is 84.3 cm³/mol. The molecule has 1 N–H and O–H groups in total. The number of aliphatic hydroxyl groups is 1. The largest absolute Gasteiger partial charge is 0.391 e. The van der Waals surface area contributed by atoms with Crippen molar-refractivity contribution >= 4 is 17.2 Å². The summed E-state index contributed by atoms with van der Waals surface area (Å²) in [7, 11) is 0. The van der Waals surface area contributed by atoms with Gasteiger partial charge in [0.25, 0.3) is 0 Å². The number of hydrogen-bond acceptors (Lipinski definition) is 3. The van der Waals surface area contributed by atoms with E-state index in [0.717, 1.165) is 16.9 Å². The zero-order valence-electron chi connectivity index (χ0n) is 11.8. The van der Waals surface area contributed by atoms with Crippen LogP contribution in [0.15, 0.2) is 47.8 Å². The lowest BCUT2D eigenvalue weighted by Crippen LogP contribution is -2.41. The highest BCUT2D eigenvalue weighted by Crippen LogP contribution is 2.23. The summed E-state index contributed by atoms with van der Waals surface area (Å²) in [5.41, 5.74) is 1.16. The van der Waals surface area contributed by atoms with Gasteiger partial charge in [0, 0.05) is 11.4 Å². The van der Waals surface area contributed by atoms with Gasteiger partial charge in [-0.15, -0.1) is 11.3 Å². The summed E-state index contributed by atoms with van der Waals surface area (Å²) in [6.07, 6.45) is 1.42. The molecule has 3 nitrogen and oxygen atoms in total. The van der Waals surface area contributed by atoms with Crippen LogP contribution in [0.2, 0.25) is 0 Å². The van der Waals surface area contributed by atoms with Crippen molar-refractivity contribution in [2.24, 2.45) is 0 Å². The molecule has 1 aromatic carbocycles. The van der Waals surface area contributed by atoms with Crippen LogP contribution in [0.1, 0.15) is 16.9 Å². The van der Waals surface area contributed by atoms with Crippen LogP contribution in [0.3, 0.4) is 0 Å². The van der Waals surface area contributed by atoms with E-state index < -0.39 is 6.10 Å². The first-order valence-electron chi connectivity index (χ1n) is 7.28. The minimum atomic E-state index is -0.419. The zero-order valence-corrected chi connectivity index (χ0v) is 12.6. The van der Waals surface area contributed by atoms with Crippen LogP contribution < -0.4 is 0 Å². The Morgan fingerprint density at radius 3 is 2.76 bits per heavy atom. The molecule has 4 heteroatoms. The average Bonchev–Trinajstić information content (AvgIpc) is 3.11. The molecule has 1 aliphatic heterocycles. The molecule has 3 rings (SSSR count). The summed E-state index contributed by atoms with van der Waals surface area (Å²) < 4.78 is 0. The Labute approximate surface area is 128 Å². The highest BCUT2D eigenvalue weighted by molar-refractivity contribution is 7.10. The van der Waals surface area contributed by atoms with Crippen LogP contribution in [0.25, 0.3) is 0 Å². The van der Waals surface area contributed by atoms with Gasteiger partial charge in [0.15, 0.2) is 0 Å². The molecule has 2 aromatic rings.